The van der Waals surface area contributed by atoms with E-state index in [-0.39, 0.29) is 5.91 Å². The van der Waals surface area contributed by atoms with Crippen LogP contribution in [0.4, 0.5) is 0 Å². The summed E-state index contributed by atoms with van der Waals surface area (Å²) in [5.74, 6) is 0.187. The number of H-pyrrole nitrogens is 1. The second-order valence-corrected chi connectivity index (χ2v) is 6.01. The first-order valence-corrected chi connectivity index (χ1v) is 8.02. The molecule has 3 rings (SSSR count). The van der Waals surface area contributed by atoms with Crippen LogP contribution in [0.25, 0.3) is 11.0 Å². The SMILES string of the molecule is O=C(CCc1ccc2nc[nH]c2c1)NC1CCCCCC1. The van der Waals surface area contributed by atoms with E-state index >= 15 is 0 Å². The molecule has 1 aromatic carbocycles. The summed E-state index contributed by atoms with van der Waals surface area (Å²) in [7, 11) is 0. The summed E-state index contributed by atoms with van der Waals surface area (Å²) in [6.07, 6.45) is 10.5. The van der Waals surface area contributed by atoms with E-state index in [1.165, 1.54) is 31.2 Å². The predicted octanol–water partition coefficient (Wildman–Crippen LogP) is 3.33. The van der Waals surface area contributed by atoms with Gasteiger partial charge < -0.3 is 10.3 Å². The molecular weight excluding hydrogens is 262 g/mol. The minimum absolute atomic E-state index is 0.187. The van der Waals surface area contributed by atoms with E-state index in [1.807, 2.05) is 6.07 Å². The fraction of sp³-hybridized carbons (Fsp3) is 0.529. The van der Waals surface area contributed by atoms with Gasteiger partial charge in [-0.05, 0) is 37.0 Å². The third-order valence-corrected chi connectivity index (χ3v) is 4.35. The molecule has 2 aromatic rings. The van der Waals surface area contributed by atoms with Gasteiger partial charge in [-0.3, -0.25) is 4.79 Å². The molecule has 1 saturated carbocycles. The molecule has 0 radical (unpaired) electrons. The van der Waals surface area contributed by atoms with Crippen molar-refractivity contribution >= 4 is 16.9 Å². The maximum atomic E-state index is 12.1. The summed E-state index contributed by atoms with van der Waals surface area (Å²) in [4.78, 5) is 19.4. The zero-order chi connectivity index (χ0) is 14.5. The van der Waals surface area contributed by atoms with Crippen LogP contribution in [0.1, 0.15) is 50.5 Å². The van der Waals surface area contributed by atoms with Crippen molar-refractivity contribution in [1.82, 2.24) is 15.3 Å². The zero-order valence-electron chi connectivity index (χ0n) is 12.4. The van der Waals surface area contributed by atoms with Crippen LogP contribution >= 0.6 is 0 Å². The number of hydrogen-bond donors (Lipinski definition) is 2. The Bertz CT molecular complexity index is 597. The second-order valence-electron chi connectivity index (χ2n) is 6.01. The molecule has 1 amide bonds. The number of aryl methyl sites for hydroxylation is 1. The molecule has 0 aliphatic heterocycles. The number of carbonyl (C=O) groups excluding carboxylic acids is 1. The molecule has 0 atom stereocenters. The van der Waals surface area contributed by atoms with Gasteiger partial charge in [0.1, 0.15) is 0 Å². The Kier molecular flexibility index (Phi) is 4.53. The summed E-state index contributed by atoms with van der Waals surface area (Å²) in [6.45, 7) is 0. The lowest BCUT2D eigenvalue weighted by atomic mass is 10.1. The number of nitrogens with one attached hydrogen (secondary N) is 2. The number of aromatic amines is 1. The van der Waals surface area contributed by atoms with Crippen LogP contribution in [0.5, 0.6) is 0 Å². The summed E-state index contributed by atoms with van der Waals surface area (Å²) in [5.41, 5.74) is 3.20. The molecule has 0 bridgehead atoms. The summed E-state index contributed by atoms with van der Waals surface area (Å²) in [6, 6.07) is 6.54. The molecule has 21 heavy (non-hydrogen) atoms. The van der Waals surface area contributed by atoms with E-state index < -0.39 is 0 Å². The highest BCUT2D eigenvalue weighted by molar-refractivity contribution is 5.77. The number of carbonyl (C=O) groups is 1. The van der Waals surface area contributed by atoms with Crippen LogP contribution in [0.15, 0.2) is 24.5 Å². The fourth-order valence-corrected chi connectivity index (χ4v) is 3.12. The Hall–Kier alpha value is -1.84. The third kappa shape index (κ3) is 3.84. The molecule has 1 aromatic heterocycles. The minimum atomic E-state index is 0.187. The van der Waals surface area contributed by atoms with Crippen molar-refractivity contribution < 1.29 is 4.79 Å². The number of benzene rings is 1. The molecule has 1 fully saturated rings. The maximum Gasteiger partial charge on any atom is 0.220 e. The van der Waals surface area contributed by atoms with Gasteiger partial charge in [0, 0.05) is 12.5 Å². The Balaban J connectivity index is 1.50. The third-order valence-electron chi connectivity index (χ3n) is 4.35. The second kappa shape index (κ2) is 6.74. The van der Waals surface area contributed by atoms with Crippen molar-refractivity contribution in [2.45, 2.75) is 57.4 Å². The van der Waals surface area contributed by atoms with Gasteiger partial charge >= 0.3 is 0 Å². The van der Waals surface area contributed by atoms with E-state index in [9.17, 15) is 4.79 Å². The Morgan fingerprint density at radius 3 is 2.86 bits per heavy atom. The molecular formula is C17H23N3O. The highest BCUT2D eigenvalue weighted by Gasteiger charge is 2.14. The van der Waals surface area contributed by atoms with Crippen molar-refractivity contribution in [1.29, 1.82) is 0 Å². The molecule has 1 aliphatic rings. The highest BCUT2D eigenvalue weighted by atomic mass is 16.1. The molecule has 4 heteroatoms. The average molecular weight is 285 g/mol. The van der Waals surface area contributed by atoms with E-state index in [4.69, 9.17) is 0 Å². The van der Waals surface area contributed by atoms with Crippen LogP contribution in [0.3, 0.4) is 0 Å². The van der Waals surface area contributed by atoms with Crippen LogP contribution in [0.2, 0.25) is 0 Å². The lowest BCUT2D eigenvalue weighted by molar-refractivity contribution is -0.121. The predicted molar refractivity (Wildman–Crippen MR) is 84.0 cm³/mol. The average Bonchev–Trinajstić information content (AvgIpc) is 2.81. The molecule has 1 heterocycles. The quantitative estimate of drug-likeness (QED) is 0.846. The Labute approximate surface area is 125 Å². The summed E-state index contributed by atoms with van der Waals surface area (Å²) >= 11 is 0. The first-order chi connectivity index (χ1) is 10.3. The number of aromatic nitrogens is 2. The zero-order valence-corrected chi connectivity index (χ0v) is 12.4. The van der Waals surface area contributed by atoms with Crippen molar-refractivity contribution in [3.05, 3.63) is 30.1 Å². The van der Waals surface area contributed by atoms with Gasteiger partial charge in [0.2, 0.25) is 5.91 Å². The molecule has 1 aliphatic carbocycles. The lowest BCUT2D eigenvalue weighted by Gasteiger charge is -2.16. The van der Waals surface area contributed by atoms with Crippen molar-refractivity contribution in [3.8, 4) is 0 Å². The molecule has 0 saturated heterocycles. The summed E-state index contributed by atoms with van der Waals surface area (Å²) in [5, 5.41) is 3.20. The van der Waals surface area contributed by atoms with Gasteiger partial charge in [-0.15, -0.1) is 0 Å². The molecule has 0 spiro atoms. The number of fused-ring (bicyclic) bond motifs is 1. The van der Waals surface area contributed by atoms with Crippen molar-refractivity contribution in [3.63, 3.8) is 0 Å². The monoisotopic (exact) mass is 285 g/mol. The van der Waals surface area contributed by atoms with Crippen LogP contribution in [-0.4, -0.2) is 21.9 Å². The normalized spacial score (nSPS) is 16.8. The van der Waals surface area contributed by atoms with E-state index in [2.05, 4.69) is 27.4 Å². The molecule has 0 unspecified atom stereocenters. The topological polar surface area (TPSA) is 57.8 Å². The minimum Gasteiger partial charge on any atom is -0.353 e. The van der Waals surface area contributed by atoms with Gasteiger partial charge in [0.15, 0.2) is 0 Å². The first-order valence-electron chi connectivity index (χ1n) is 8.02. The van der Waals surface area contributed by atoms with Gasteiger partial charge in [-0.1, -0.05) is 31.7 Å². The lowest BCUT2D eigenvalue weighted by Crippen LogP contribution is -2.34. The Morgan fingerprint density at radius 2 is 2.05 bits per heavy atom. The molecule has 112 valence electrons. The number of rotatable bonds is 4. The van der Waals surface area contributed by atoms with E-state index in [1.54, 1.807) is 6.33 Å². The Morgan fingerprint density at radius 1 is 1.24 bits per heavy atom. The van der Waals surface area contributed by atoms with Crippen molar-refractivity contribution in [2.24, 2.45) is 0 Å². The van der Waals surface area contributed by atoms with Gasteiger partial charge in [0.25, 0.3) is 0 Å². The van der Waals surface area contributed by atoms with Crippen LogP contribution < -0.4 is 5.32 Å². The van der Waals surface area contributed by atoms with Crippen molar-refractivity contribution in [2.75, 3.05) is 0 Å². The van der Waals surface area contributed by atoms with Crippen LogP contribution in [-0.2, 0) is 11.2 Å². The number of nitrogens with zero attached hydrogens (tertiary/aromatic N) is 1. The van der Waals surface area contributed by atoms with Crippen LogP contribution in [0, 0.1) is 0 Å². The van der Waals surface area contributed by atoms with Gasteiger partial charge in [-0.25, -0.2) is 4.98 Å². The first kappa shape index (κ1) is 14.1. The fourth-order valence-electron chi connectivity index (χ4n) is 3.12. The highest BCUT2D eigenvalue weighted by Crippen LogP contribution is 2.17. The molecule has 2 N–H and O–H groups in total. The van der Waals surface area contributed by atoms with Gasteiger partial charge in [-0.2, -0.15) is 0 Å². The molecule has 4 nitrogen and oxygen atoms in total. The number of hydrogen-bond acceptors (Lipinski definition) is 2. The largest absolute Gasteiger partial charge is 0.353 e. The smallest absolute Gasteiger partial charge is 0.220 e. The maximum absolute atomic E-state index is 12.1. The number of imidazole rings is 1. The standard InChI is InChI=1S/C17H23N3O/c21-17(20-14-5-3-1-2-4-6-14)10-8-13-7-9-15-16(11-13)19-12-18-15/h7,9,11-12,14H,1-6,8,10H2,(H,18,19)(H,20,21). The van der Waals surface area contributed by atoms with E-state index in [0.717, 1.165) is 30.3 Å². The number of amides is 1. The van der Waals surface area contributed by atoms with E-state index in [0.29, 0.717) is 12.5 Å². The summed E-state index contributed by atoms with van der Waals surface area (Å²) < 4.78 is 0. The van der Waals surface area contributed by atoms with Gasteiger partial charge in [0.05, 0.1) is 17.4 Å².